The van der Waals surface area contributed by atoms with Gasteiger partial charge in [0.15, 0.2) is 30.2 Å². The number of ketones is 1. The van der Waals surface area contributed by atoms with Gasteiger partial charge in [-0.15, -0.1) is 0 Å². The van der Waals surface area contributed by atoms with Gasteiger partial charge < -0.3 is 19.5 Å². The van der Waals surface area contributed by atoms with E-state index in [0.717, 1.165) is 22.0 Å². The molecule has 1 fully saturated rings. The monoisotopic (exact) mass is 373 g/mol. The van der Waals surface area contributed by atoms with Crippen LogP contribution in [0.5, 0.6) is 0 Å². The lowest BCUT2D eigenvalue weighted by Crippen LogP contribution is -2.49. The molecule has 140 valence electrons. The Kier molecular flexibility index (Phi) is 4.31. The van der Waals surface area contributed by atoms with Crippen molar-refractivity contribution >= 4 is 22.2 Å². The molecule has 5 heteroatoms. The molecule has 3 atom stereocenters. The molecule has 2 aliphatic heterocycles. The van der Waals surface area contributed by atoms with Crippen molar-refractivity contribution in [2.75, 3.05) is 11.9 Å². The van der Waals surface area contributed by atoms with Crippen molar-refractivity contribution in [1.82, 2.24) is 0 Å². The minimum atomic E-state index is -0.666. The van der Waals surface area contributed by atoms with Gasteiger partial charge in [0, 0.05) is 17.3 Å². The number of carbonyl (C=O) groups is 1. The molecule has 5 rings (SSSR count). The number of benzene rings is 3. The Morgan fingerprint density at radius 3 is 2.54 bits per heavy atom. The zero-order valence-corrected chi connectivity index (χ0v) is 15.1. The van der Waals surface area contributed by atoms with Gasteiger partial charge in [0.1, 0.15) is 0 Å². The summed E-state index contributed by atoms with van der Waals surface area (Å²) in [5.41, 5.74) is 1.74. The Morgan fingerprint density at radius 1 is 0.893 bits per heavy atom. The molecule has 3 aromatic carbocycles. The van der Waals surface area contributed by atoms with Crippen LogP contribution in [0.2, 0.25) is 0 Å². The second kappa shape index (κ2) is 7.11. The lowest BCUT2D eigenvalue weighted by atomic mass is 10.1. The molecule has 28 heavy (non-hydrogen) atoms. The molecular formula is C23H19NO4. The van der Waals surface area contributed by atoms with E-state index in [4.69, 9.17) is 14.2 Å². The van der Waals surface area contributed by atoms with E-state index in [1.807, 2.05) is 66.7 Å². The second-order valence-electron chi connectivity index (χ2n) is 6.89. The minimum absolute atomic E-state index is 0.122. The topological polar surface area (TPSA) is 56.8 Å². The quantitative estimate of drug-likeness (QED) is 0.747. The zero-order chi connectivity index (χ0) is 18.9. The molecule has 0 amide bonds. The highest BCUT2D eigenvalue weighted by Crippen LogP contribution is 2.32. The standard InChI is InChI=1S/C23H19NO4/c25-19-13-21(24-18-11-10-15-6-4-5-9-17(15)12-18)27-20-14-26-23(28-22(19)20)16-7-2-1-3-8-16/h1-13,20,22-24H,14H2/t20-,22+,23-/m1/s1. The maximum atomic E-state index is 12.6. The van der Waals surface area contributed by atoms with Crippen LogP contribution in [-0.4, -0.2) is 24.6 Å². The number of anilines is 1. The summed E-state index contributed by atoms with van der Waals surface area (Å²) >= 11 is 0. The SMILES string of the molecule is O=C1C=C(Nc2ccc3ccccc3c2)O[C@@H]2CO[C@@H](c3ccccc3)O[C@@H]12. The van der Waals surface area contributed by atoms with Crippen LogP contribution in [0.3, 0.4) is 0 Å². The number of nitrogens with one attached hydrogen (secondary N) is 1. The zero-order valence-electron chi connectivity index (χ0n) is 15.1. The minimum Gasteiger partial charge on any atom is -0.470 e. The molecule has 0 aliphatic carbocycles. The average molecular weight is 373 g/mol. The van der Waals surface area contributed by atoms with Crippen LogP contribution in [0.15, 0.2) is 84.8 Å². The lowest BCUT2D eigenvalue weighted by molar-refractivity contribution is -0.254. The van der Waals surface area contributed by atoms with E-state index in [1.165, 1.54) is 6.08 Å². The third kappa shape index (κ3) is 3.26. The molecule has 0 unspecified atom stereocenters. The third-order valence-electron chi connectivity index (χ3n) is 4.94. The highest BCUT2D eigenvalue weighted by Gasteiger charge is 2.41. The maximum Gasteiger partial charge on any atom is 0.195 e. The fourth-order valence-corrected chi connectivity index (χ4v) is 3.54. The van der Waals surface area contributed by atoms with E-state index < -0.39 is 18.5 Å². The Hall–Kier alpha value is -3.15. The van der Waals surface area contributed by atoms with Crippen LogP contribution < -0.4 is 5.32 Å². The molecule has 1 saturated heterocycles. The van der Waals surface area contributed by atoms with E-state index in [-0.39, 0.29) is 12.4 Å². The van der Waals surface area contributed by atoms with Crippen LogP contribution in [0.1, 0.15) is 11.9 Å². The van der Waals surface area contributed by atoms with E-state index in [2.05, 4.69) is 11.4 Å². The fraction of sp³-hybridized carbons (Fsp3) is 0.174. The van der Waals surface area contributed by atoms with E-state index >= 15 is 0 Å². The molecule has 3 aromatic rings. The first-order valence-electron chi connectivity index (χ1n) is 9.26. The van der Waals surface area contributed by atoms with Crippen LogP contribution >= 0.6 is 0 Å². The lowest BCUT2D eigenvalue weighted by Gasteiger charge is -2.38. The van der Waals surface area contributed by atoms with Gasteiger partial charge in [-0.25, -0.2) is 0 Å². The van der Waals surface area contributed by atoms with Crippen LogP contribution in [-0.2, 0) is 19.0 Å². The number of fused-ring (bicyclic) bond motifs is 2. The Morgan fingerprint density at radius 2 is 1.68 bits per heavy atom. The number of ether oxygens (including phenoxy) is 3. The van der Waals surface area contributed by atoms with Gasteiger partial charge in [0.25, 0.3) is 0 Å². The van der Waals surface area contributed by atoms with Gasteiger partial charge in [0.05, 0.1) is 6.61 Å². The summed E-state index contributed by atoms with van der Waals surface area (Å²) < 4.78 is 17.6. The van der Waals surface area contributed by atoms with Crippen molar-refractivity contribution in [3.8, 4) is 0 Å². The molecule has 2 aliphatic rings. The highest BCUT2D eigenvalue weighted by atomic mass is 16.7. The van der Waals surface area contributed by atoms with Gasteiger partial charge in [-0.2, -0.15) is 0 Å². The largest absolute Gasteiger partial charge is 0.470 e. The normalized spacial score (nSPS) is 24.2. The maximum absolute atomic E-state index is 12.6. The molecular weight excluding hydrogens is 354 g/mol. The average Bonchev–Trinajstić information content (AvgIpc) is 2.74. The summed E-state index contributed by atoms with van der Waals surface area (Å²) in [5.74, 6) is 0.288. The summed E-state index contributed by atoms with van der Waals surface area (Å²) in [6, 6.07) is 23.7. The predicted octanol–water partition coefficient (Wildman–Crippen LogP) is 4.18. The molecule has 1 N–H and O–H groups in total. The number of hydrogen-bond donors (Lipinski definition) is 1. The van der Waals surface area contributed by atoms with Crippen molar-refractivity contribution in [2.45, 2.75) is 18.5 Å². The van der Waals surface area contributed by atoms with Gasteiger partial charge in [0.2, 0.25) is 0 Å². The van der Waals surface area contributed by atoms with E-state index in [1.54, 1.807) is 0 Å². The summed E-state index contributed by atoms with van der Waals surface area (Å²) in [6.07, 6.45) is -0.232. The molecule has 0 radical (unpaired) electrons. The Bertz CT molecular complexity index is 1050. The fourth-order valence-electron chi connectivity index (χ4n) is 3.54. The van der Waals surface area contributed by atoms with Crippen LogP contribution in [0.25, 0.3) is 10.8 Å². The summed E-state index contributed by atoms with van der Waals surface area (Å²) in [6.45, 7) is 0.284. The van der Waals surface area contributed by atoms with Crippen molar-refractivity contribution in [3.05, 3.63) is 90.3 Å². The molecule has 5 nitrogen and oxygen atoms in total. The van der Waals surface area contributed by atoms with Gasteiger partial charge in [-0.05, 0) is 22.9 Å². The summed E-state index contributed by atoms with van der Waals surface area (Å²) in [5, 5.41) is 5.46. The van der Waals surface area contributed by atoms with E-state index in [9.17, 15) is 4.79 Å². The Balaban J connectivity index is 1.33. The number of carbonyl (C=O) groups excluding carboxylic acids is 1. The first-order valence-corrected chi connectivity index (χ1v) is 9.26. The number of hydrogen-bond acceptors (Lipinski definition) is 5. The smallest absolute Gasteiger partial charge is 0.195 e. The summed E-state index contributed by atoms with van der Waals surface area (Å²) in [7, 11) is 0. The molecule has 0 aromatic heterocycles. The molecule has 2 heterocycles. The number of rotatable bonds is 3. The molecule has 0 bridgehead atoms. The first-order chi connectivity index (χ1) is 13.8. The highest BCUT2D eigenvalue weighted by molar-refractivity contribution is 5.96. The van der Waals surface area contributed by atoms with Crippen molar-refractivity contribution < 1.29 is 19.0 Å². The van der Waals surface area contributed by atoms with Crippen molar-refractivity contribution in [2.24, 2.45) is 0 Å². The second-order valence-corrected chi connectivity index (χ2v) is 6.89. The summed E-state index contributed by atoms with van der Waals surface area (Å²) in [4.78, 5) is 12.6. The van der Waals surface area contributed by atoms with Gasteiger partial charge >= 0.3 is 0 Å². The predicted molar refractivity (Wildman–Crippen MR) is 106 cm³/mol. The van der Waals surface area contributed by atoms with Crippen LogP contribution in [0.4, 0.5) is 5.69 Å². The first kappa shape index (κ1) is 17.0. The van der Waals surface area contributed by atoms with E-state index in [0.29, 0.717) is 5.88 Å². The van der Waals surface area contributed by atoms with Gasteiger partial charge in [-0.3, -0.25) is 4.79 Å². The van der Waals surface area contributed by atoms with Gasteiger partial charge in [-0.1, -0.05) is 60.7 Å². The molecule has 0 spiro atoms. The molecule has 0 saturated carbocycles. The Labute approximate surface area is 162 Å². The van der Waals surface area contributed by atoms with Crippen molar-refractivity contribution in [1.29, 1.82) is 0 Å². The third-order valence-corrected chi connectivity index (χ3v) is 4.94. The van der Waals surface area contributed by atoms with Crippen LogP contribution in [0, 0.1) is 0 Å². The van der Waals surface area contributed by atoms with Crippen molar-refractivity contribution in [3.63, 3.8) is 0 Å².